The molecule has 0 spiro atoms. The number of aromatic nitrogens is 1. The molecular weight excluding hydrogens is 533 g/mol. The minimum Gasteiger partial charge on any atom is -0.493 e. The van der Waals surface area contributed by atoms with Crippen LogP contribution < -0.4 is 9.47 Å². The SMILES string of the molecule is COc1ccc(-c2[nH]c3ccc(C4CCN(CC(=O)N5CC[C@@H](N(C)C)C5)CC4)cc3c2CC(F)(F)F)cc1OC. The fraction of sp³-hybridized carbons (Fsp3) is 0.516. The van der Waals surface area contributed by atoms with Crippen molar-refractivity contribution in [3.63, 3.8) is 0 Å². The Bertz CT molecular complexity index is 1380. The molecule has 0 radical (unpaired) electrons. The van der Waals surface area contributed by atoms with Crippen molar-refractivity contribution in [2.24, 2.45) is 0 Å². The van der Waals surface area contributed by atoms with Gasteiger partial charge in [0.05, 0.1) is 32.9 Å². The zero-order chi connectivity index (χ0) is 29.3. The molecule has 2 aromatic carbocycles. The zero-order valence-corrected chi connectivity index (χ0v) is 24.2. The van der Waals surface area contributed by atoms with Crippen molar-refractivity contribution in [3.8, 4) is 22.8 Å². The molecule has 3 heterocycles. The van der Waals surface area contributed by atoms with Gasteiger partial charge in [-0.25, -0.2) is 0 Å². The Morgan fingerprint density at radius 1 is 1.00 bits per heavy atom. The van der Waals surface area contributed by atoms with E-state index in [0.717, 1.165) is 51.0 Å². The number of likely N-dealkylation sites (N-methyl/N-ethyl adjacent to an activating group) is 1. The summed E-state index contributed by atoms with van der Waals surface area (Å²) in [5, 5.41) is 0.590. The van der Waals surface area contributed by atoms with E-state index in [9.17, 15) is 18.0 Å². The quantitative estimate of drug-likeness (QED) is 0.397. The summed E-state index contributed by atoms with van der Waals surface area (Å²) in [5.41, 5.74) is 2.97. The number of likely N-dealkylation sites (tertiary alicyclic amines) is 2. The average molecular weight is 573 g/mol. The summed E-state index contributed by atoms with van der Waals surface area (Å²) in [6.07, 6.45) is -2.67. The van der Waals surface area contributed by atoms with E-state index in [2.05, 4.69) is 28.9 Å². The van der Waals surface area contributed by atoms with Crippen molar-refractivity contribution in [2.75, 3.05) is 61.0 Å². The molecule has 2 saturated heterocycles. The largest absolute Gasteiger partial charge is 0.493 e. The van der Waals surface area contributed by atoms with E-state index in [1.807, 2.05) is 23.1 Å². The number of hydrogen-bond acceptors (Lipinski definition) is 5. The highest BCUT2D eigenvalue weighted by molar-refractivity contribution is 5.92. The van der Waals surface area contributed by atoms with E-state index < -0.39 is 12.6 Å². The van der Waals surface area contributed by atoms with E-state index in [0.29, 0.717) is 46.2 Å². The predicted molar refractivity (Wildman–Crippen MR) is 154 cm³/mol. The first-order valence-electron chi connectivity index (χ1n) is 14.2. The fourth-order valence-electron chi connectivity index (χ4n) is 6.25. The second-order valence-corrected chi connectivity index (χ2v) is 11.4. The van der Waals surface area contributed by atoms with Crippen LogP contribution in [0.4, 0.5) is 13.2 Å². The lowest BCUT2D eigenvalue weighted by Gasteiger charge is -2.33. The number of amides is 1. The van der Waals surface area contributed by atoms with Crippen molar-refractivity contribution in [2.45, 2.75) is 43.8 Å². The molecule has 2 aliphatic rings. The maximum absolute atomic E-state index is 13.8. The smallest absolute Gasteiger partial charge is 0.393 e. The first-order chi connectivity index (χ1) is 19.6. The number of halogens is 3. The van der Waals surface area contributed by atoms with E-state index in [4.69, 9.17) is 9.47 Å². The van der Waals surface area contributed by atoms with Crippen LogP contribution in [0.3, 0.4) is 0 Å². The standard InChI is InChI=1S/C31H39F3N4O3/c1-36(2)23-11-14-38(18-23)29(39)19-37-12-9-20(10-13-37)21-5-7-26-24(15-21)25(17-31(32,33)34)30(35-26)22-6-8-27(40-3)28(16-22)41-4/h5-8,15-16,20,23,35H,9-14,17-19H2,1-4H3/t23-/m1/s1. The van der Waals surface area contributed by atoms with Gasteiger partial charge in [-0.1, -0.05) is 6.07 Å². The van der Waals surface area contributed by atoms with Gasteiger partial charge >= 0.3 is 6.18 Å². The van der Waals surface area contributed by atoms with Crippen LogP contribution in [0.25, 0.3) is 22.2 Å². The van der Waals surface area contributed by atoms with Gasteiger partial charge in [-0.2, -0.15) is 13.2 Å². The van der Waals surface area contributed by atoms with Gasteiger partial charge < -0.3 is 24.3 Å². The number of hydrogen-bond donors (Lipinski definition) is 1. The second-order valence-electron chi connectivity index (χ2n) is 11.4. The minimum atomic E-state index is -4.36. The number of H-pyrrole nitrogens is 1. The molecule has 41 heavy (non-hydrogen) atoms. The third kappa shape index (κ3) is 6.48. The number of rotatable bonds is 8. The molecule has 0 unspecified atom stereocenters. The predicted octanol–water partition coefficient (Wildman–Crippen LogP) is 5.30. The van der Waals surface area contributed by atoms with Crippen LogP contribution in [0.1, 0.15) is 36.3 Å². The molecule has 1 aromatic heterocycles. The van der Waals surface area contributed by atoms with Crippen molar-refractivity contribution >= 4 is 16.8 Å². The van der Waals surface area contributed by atoms with Gasteiger partial charge in [0, 0.05) is 35.6 Å². The lowest BCUT2D eigenvalue weighted by Crippen LogP contribution is -2.43. The topological polar surface area (TPSA) is 61.0 Å². The Labute approximate surface area is 239 Å². The van der Waals surface area contributed by atoms with Crippen molar-refractivity contribution in [1.82, 2.24) is 19.7 Å². The van der Waals surface area contributed by atoms with Gasteiger partial charge in [0.2, 0.25) is 5.91 Å². The van der Waals surface area contributed by atoms with Crippen molar-refractivity contribution < 1.29 is 27.4 Å². The normalized spacial score (nSPS) is 18.9. The molecule has 2 fully saturated rings. The number of fused-ring (bicyclic) bond motifs is 1. The number of methoxy groups -OCH3 is 2. The number of aromatic amines is 1. The van der Waals surface area contributed by atoms with Crippen LogP contribution >= 0.6 is 0 Å². The van der Waals surface area contributed by atoms with E-state index in [1.54, 1.807) is 18.2 Å². The molecule has 1 N–H and O–H groups in total. The van der Waals surface area contributed by atoms with E-state index in [-0.39, 0.29) is 17.4 Å². The highest BCUT2D eigenvalue weighted by Gasteiger charge is 2.33. The number of nitrogens with one attached hydrogen (secondary N) is 1. The van der Waals surface area contributed by atoms with Gasteiger partial charge in [-0.3, -0.25) is 9.69 Å². The fourth-order valence-corrected chi connectivity index (χ4v) is 6.25. The van der Waals surface area contributed by atoms with E-state index >= 15 is 0 Å². The summed E-state index contributed by atoms with van der Waals surface area (Å²) < 4.78 is 52.1. The van der Waals surface area contributed by atoms with Gasteiger partial charge in [-0.15, -0.1) is 0 Å². The number of alkyl halides is 3. The molecular formula is C31H39F3N4O3. The van der Waals surface area contributed by atoms with E-state index in [1.165, 1.54) is 14.2 Å². The van der Waals surface area contributed by atoms with Gasteiger partial charge in [-0.05, 0) is 93.8 Å². The number of carbonyl (C=O) groups excluding carboxylic acids is 1. The number of carbonyl (C=O) groups is 1. The Hall–Kier alpha value is -3.24. The number of piperidine rings is 1. The van der Waals surface area contributed by atoms with Crippen molar-refractivity contribution in [3.05, 3.63) is 47.5 Å². The molecule has 0 aliphatic carbocycles. The lowest BCUT2D eigenvalue weighted by atomic mass is 9.88. The summed E-state index contributed by atoms with van der Waals surface area (Å²) in [6.45, 7) is 3.59. The number of nitrogens with zero attached hydrogens (tertiary/aromatic N) is 3. The summed E-state index contributed by atoms with van der Waals surface area (Å²) in [7, 11) is 7.13. The first-order valence-corrected chi connectivity index (χ1v) is 14.2. The summed E-state index contributed by atoms with van der Waals surface area (Å²) in [4.78, 5) is 22.5. The third-order valence-electron chi connectivity index (χ3n) is 8.64. The molecule has 10 heteroatoms. The highest BCUT2D eigenvalue weighted by Crippen LogP contribution is 2.40. The Morgan fingerprint density at radius 2 is 1.73 bits per heavy atom. The van der Waals surface area contributed by atoms with Gasteiger partial charge in [0.15, 0.2) is 11.5 Å². The second kappa shape index (κ2) is 11.9. The Balaban J connectivity index is 1.33. The molecule has 2 aliphatic heterocycles. The van der Waals surface area contributed by atoms with Crippen LogP contribution in [-0.4, -0.2) is 98.8 Å². The molecule has 7 nitrogen and oxygen atoms in total. The average Bonchev–Trinajstić information content (AvgIpc) is 3.58. The first kappa shape index (κ1) is 29.3. The Kier molecular flexibility index (Phi) is 8.52. The van der Waals surface area contributed by atoms with Gasteiger partial charge in [0.1, 0.15) is 0 Å². The summed E-state index contributed by atoms with van der Waals surface area (Å²) >= 11 is 0. The lowest BCUT2D eigenvalue weighted by molar-refractivity contribution is -0.131. The highest BCUT2D eigenvalue weighted by atomic mass is 19.4. The molecule has 1 atom stereocenters. The molecule has 3 aromatic rings. The summed E-state index contributed by atoms with van der Waals surface area (Å²) in [5.74, 6) is 1.38. The third-order valence-corrected chi connectivity index (χ3v) is 8.64. The van der Waals surface area contributed by atoms with Gasteiger partial charge in [0.25, 0.3) is 0 Å². The number of ether oxygens (including phenoxy) is 2. The minimum absolute atomic E-state index is 0.182. The molecule has 1 amide bonds. The van der Waals surface area contributed by atoms with Crippen LogP contribution in [0.5, 0.6) is 11.5 Å². The molecule has 0 saturated carbocycles. The van der Waals surface area contributed by atoms with Crippen LogP contribution in [0, 0.1) is 0 Å². The summed E-state index contributed by atoms with van der Waals surface area (Å²) in [6, 6.07) is 11.4. The number of benzene rings is 2. The Morgan fingerprint density at radius 3 is 2.37 bits per heavy atom. The maximum Gasteiger partial charge on any atom is 0.393 e. The maximum atomic E-state index is 13.8. The van der Waals surface area contributed by atoms with Crippen molar-refractivity contribution in [1.29, 1.82) is 0 Å². The monoisotopic (exact) mass is 572 g/mol. The van der Waals surface area contributed by atoms with Crippen LogP contribution in [0.15, 0.2) is 36.4 Å². The molecule has 0 bridgehead atoms. The molecule has 5 rings (SSSR count). The van der Waals surface area contributed by atoms with Crippen LogP contribution in [-0.2, 0) is 11.2 Å². The van der Waals surface area contributed by atoms with Crippen LogP contribution in [0.2, 0.25) is 0 Å². The molecule has 222 valence electrons. The zero-order valence-electron chi connectivity index (χ0n) is 24.2.